The van der Waals surface area contributed by atoms with E-state index in [0.717, 1.165) is 16.9 Å². The lowest BCUT2D eigenvalue weighted by atomic mass is 10.3. The second-order valence-electron chi connectivity index (χ2n) is 3.56. The number of unbranched alkanes of at least 4 members (excludes halogenated alkanes) is 1. The van der Waals surface area contributed by atoms with Gasteiger partial charge in [-0.1, -0.05) is 0 Å². The quantitative estimate of drug-likeness (QED) is 0.617. The van der Waals surface area contributed by atoms with Gasteiger partial charge in [-0.25, -0.2) is 13.1 Å². The van der Waals surface area contributed by atoms with Gasteiger partial charge < -0.3 is 0 Å². The van der Waals surface area contributed by atoms with Crippen molar-refractivity contribution in [3.8, 4) is 0 Å². The molecule has 0 saturated heterocycles. The highest BCUT2D eigenvalue weighted by atomic mass is 35.5. The molecule has 1 aromatic rings. The second-order valence-corrected chi connectivity index (χ2v) is 6.87. The summed E-state index contributed by atoms with van der Waals surface area (Å²) >= 11 is 7.07. The number of rotatable bonds is 7. The number of aryl methyl sites for hydroxylation is 1. The average molecular weight is 282 g/mol. The monoisotopic (exact) mass is 281 g/mol. The van der Waals surface area contributed by atoms with E-state index in [1.54, 1.807) is 11.3 Å². The summed E-state index contributed by atoms with van der Waals surface area (Å²) in [5.41, 5.74) is 1.13. The molecule has 1 rings (SSSR count). The van der Waals surface area contributed by atoms with E-state index in [0.29, 0.717) is 18.8 Å². The highest BCUT2D eigenvalue weighted by Gasteiger charge is 2.10. The third-order valence-electron chi connectivity index (χ3n) is 2.22. The Morgan fingerprint density at radius 3 is 2.75 bits per heavy atom. The predicted molar refractivity (Wildman–Crippen MR) is 69.6 cm³/mol. The summed E-state index contributed by atoms with van der Waals surface area (Å²) in [5.74, 6) is 0.670. The normalized spacial score (nSPS) is 11.9. The van der Waals surface area contributed by atoms with Crippen molar-refractivity contribution >= 4 is 33.0 Å². The van der Waals surface area contributed by atoms with Gasteiger partial charge in [0, 0.05) is 17.3 Å². The topological polar surface area (TPSA) is 46.2 Å². The van der Waals surface area contributed by atoms with Crippen molar-refractivity contribution in [3.05, 3.63) is 21.9 Å². The first-order valence-electron chi connectivity index (χ1n) is 5.11. The van der Waals surface area contributed by atoms with Crippen molar-refractivity contribution < 1.29 is 8.42 Å². The van der Waals surface area contributed by atoms with Gasteiger partial charge in [0.25, 0.3) is 0 Å². The lowest BCUT2D eigenvalue weighted by molar-refractivity contribution is 0.578. The molecule has 0 aromatic carbocycles. The zero-order chi connectivity index (χ0) is 12.0. The highest BCUT2D eigenvalue weighted by Crippen LogP contribution is 2.15. The molecule has 0 aliphatic carbocycles. The maximum Gasteiger partial charge on any atom is 0.211 e. The molecule has 0 amide bonds. The molecule has 3 nitrogen and oxygen atoms in total. The molecule has 0 aliphatic rings. The molecule has 16 heavy (non-hydrogen) atoms. The molecule has 1 N–H and O–H groups in total. The van der Waals surface area contributed by atoms with Crippen LogP contribution in [0, 0.1) is 6.92 Å². The van der Waals surface area contributed by atoms with E-state index < -0.39 is 10.0 Å². The third-order valence-corrected chi connectivity index (χ3v) is 4.92. The first-order chi connectivity index (χ1) is 7.55. The summed E-state index contributed by atoms with van der Waals surface area (Å²) in [6, 6.07) is 1.99. The molecular formula is C10H16ClNO2S2. The lowest BCUT2D eigenvalue weighted by Crippen LogP contribution is -2.25. The molecule has 0 spiro atoms. The Kier molecular flexibility index (Phi) is 5.75. The van der Waals surface area contributed by atoms with Crippen LogP contribution in [0.15, 0.2) is 11.4 Å². The Morgan fingerprint density at radius 2 is 2.19 bits per heavy atom. The third kappa shape index (κ3) is 4.82. The van der Waals surface area contributed by atoms with Crippen LogP contribution in [0.3, 0.4) is 0 Å². The molecule has 1 heterocycles. The fraction of sp³-hybridized carbons (Fsp3) is 0.600. The van der Waals surface area contributed by atoms with Crippen LogP contribution in [0.4, 0.5) is 0 Å². The minimum Gasteiger partial charge on any atom is -0.212 e. The SMILES string of the molecule is Cc1ccsc1CNS(=O)(=O)CCCCCl. The Morgan fingerprint density at radius 1 is 1.44 bits per heavy atom. The Labute approximate surface area is 106 Å². The molecular weight excluding hydrogens is 266 g/mol. The van der Waals surface area contributed by atoms with E-state index >= 15 is 0 Å². The zero-order valence-electron chi connectivity index (χ0n) is 9.20. The van der Waals surface area contributed by atoms with E-state index in [2.05, 4.69) is 4.72 Å². The summed E-state index contributed by atoms with van der Waals surface area (Å²) in [4.78, 5) is 1.07. The van der Waals surface area contributed by atoms with Crippen molar-refractivity contribution in [2.24, 2.45) is 0 Å². The number of sulfonamides is 1. The van der Waals surface area contributed by atoms with Crippen molar-refractivity contribution in [2.75, 3.05) is 11.6 Å². The zero-order valence-corrected chi connectivity index (χ0v) is 11.6. The fourth-order valence-corrected chi connectivity index (χ4v) is 3.44. The summed E-state index contributed by atoms with van der Waals surface area (Å²) < 4.78 is 25.7. The second kappa shape index (κ2) is 6.59. The van der Waals surface area contributed by atoms with Gasteiger partial charge >= 0.3 is 0 Å². The standard InChI is InChI=1S/C10H16ClNO2S2/c1-9-4-6-15-10(9)8-12-16(13,14)7-3-2-5-11/h4,6,12H,2-3,5,7-8H2,1H3. The number of hydrogen-bond acceptors (Lipinski definition) is 3. The highest BCUT2D eigenvalue weighted by molar-refractivity contribution is 7.89. The van der Waals surface area contributed by atoms with Crippen LogP contribution in [-0.2, 0) is 16.6 Å². The number of alkyl halides is 1. The average Bonchev–Trinajstić information content (AvgIpc) is 2.62. The van der Waals surface area contributed by atoms with Crippen LogP contribution in [0.5, 0.6) is 0 Å². The van der Waals surface area contributed by atoms with Gasteiger partial charge in [0.15, 0.2) is 0 Å². The minimum atomic E-state index is -3.15. The van der Waals surface area contributed by atoms with Crippen LogP contribution in [0.1, 0.15) is 23.3 Å². The number of nitrogens with one attached hydrogen (secondary N) is 1. The maximum atomic E-state index is 11.6. The number of hydrogen-bond donors (Lipinski definition) is 1. The minimum absolute atomic E-state index is 0.157. The van der Waals surface area contributed by atoms with Crippen molar-refractivity contribution in [1.29, 1.82) is 0 Å². The van der Waals surface area contributed by atoms with Gasteiger partial charge in [0.2, 0.25) is 10.0 Å². The van der Waals surface area contributed by atoms with Crippen LogP contribution < -0.4 is 4.72 Å². The predicted octanol–water partition coefficient (Wildman–Crippen LogP) is 2.49. The first kappa shape index (κ1) is 14.0. The Balaban J connectivity index is 2.39. The van der Waals surface area contributed by atoms with Gasteiger partial charge in [-0.2, -0.15) is 0 Å². The van der Waals surface area contributed by atoms with E-state index in [1.807, 2.05) is 18.4 Å². The van der Waals surface area contributed by atoms with Crippen molar-refractivity contribution in [3.63, 3.8) is 0 Å². The molecule has 6 heteroatoms. The molecule has 92 valence electrons. The van der Waals surface area contributed by atoms with E-state index in [4.69, 9.17) is 11.6 Å². The van der Waals surface area contributed by atoms with Crippen molar-refractivity contribution in [2.45, 2.75) is 26.3 Å². The van der Waals surface area contributed by atoms with Gasteiger partial charge in [0.05, 0.1) is 5.75 Å². The summed E-state index contributed by atoms with van der Waals surface area (Å²) in [5, 5.41) is 1.96. The molecule has 0 aliphatic heterocycles. The lowest BCUT2D eigenvalue weighted by Gasteiger charge is -2.05. The van der Waals surface area contributed by atoms with E-state index in [9.17, 15) is 8.42 Å². The Bertz CT molecular complexity index is 414. The van der Waals surface area contributed by atoms with E-state index in [1.165, 1.54) is 0 Å². The largest absolute Gasteiger partial charge is 0.212 e. The van der Waals surface area contributed by atoms with Crippen LogP contribution >= 0.6 is 22.9 Å². The molecule has 0 saturated carbocycles. The first-order valence-corrected chi connectivity index (χ1v) is 8.18. The maximum absolute atomic E-state index is 11.6. The molecule has 0 bridgehead atoms. The summed E-state index contributed by atoms with van der Waals surface area (Å²) in [6.45, 7) is 2.38. The van der Waals surface area contributed by atoms with Gasteiger partial charge in [-0.05, 0) is 36.8 Å². The number of halogens is 1. The van der Waals surface area contributed by atoms with Crippen LogP contribution in [0.2, 0.25) is 0 Å². The van der Waals surface area contributed by atoms with E-state index in [-0.39, 0.29) is 5.75 Å². The van der Waals surface area contributed by atoms with Crippen LogP contribution in [-0.4, -0.2) is 20.1 Å². The molecule has 0 fully saturated rings. The summed E-state index contributed by atoms with van der Waals surface area (Å²) in [6.07, 6.45) is 1.35. The molecule has 1 aromatic heterocycles. The van der Waals surface area contributed by atoms with Crippen molar-refractivity contribution in [1.82, 2.24) is 4.72 Å². The summed E-state index contributed by atoms with van der Waals surface area (Å²) in [7, 11) is -3.15. The Hall–Kier alpha value is -0.100. The molecule has 0 atom stereocenters. The van der Waals surface area contributed by atoms with Gasteiger partial charge in [0.1, 0.15) is 0 Å². The smallest absolute Gasteiger partial charge is 0.211 e. The van der Waals surface area contributed by atoms with Gasteiger partial charge in [-0.3, -0.25) is 0 Å². The fourth-order valence-electron chi connectivity index (χ4n) is 1.22. The number of thiophene rings is 1. The van der Waals surface area contributed by atoms with Gasteiger partial charge in [-0.15, -0.1) is 22.9 Å². The van der Waals surface area contributed by atoms with Crippen LogP contribution in [0.25, 0.3) is 0 Å². The molecule has 0 unspecified atom stereocenters. The molecule has 0 radical (unpaired) electrons.